The summed E-state index contributed by atoms with van der Waals surface area (Å²) in [6.07, 6.45) is -0.899. The number of ketones is 2. The molecule has 724 valence electrons. The summed E-state index contributed by atoms with van der Waals surface area (Å²) < 4.78 is 40.3. The van der Waals surface area contributed by atoms with E-state index in [0.717, 1.165) is 22.4 Å². The summed E-state index contributed by atoms with van der Waals surface area (Å²) in [5.41, 5.74) is 11.6. The number of ether oxygens (including phenoxy) is 7. The second-order valence-electron chi connectivity index (χ2n) is 34.5. The number of aliphatic hydroxyl groups excluding tert-OH is 1. The van der Waals surface area contributed by atoms with Gasteiger partial charge in [0.1, 0.15) is 18.0 Å². The van der Waals surface area contributed by atoms with E-state index in [1.54, 1.807) is 107 Å². The minimum Gasteiger partial charge on any atom is -0.445 e. The zero-order valence-electron chi connectivity index (χ0n) is 80.0. The van der Waals surface area contributed by atoms with Gasteiger partial charge in [0.15, 0.2) is 11.6 Å². The molecule has 1 saturated heterocycles. The summed E-state index contributed by atoms with van der Waals surface area (Å²) >= 11 is 0. The lowest BCUT2D eigenvalue weighted by Crippen LogP contribution is -2.55. The number of likely N-dealkylation sites (N-methyl/N-ethyl adjacent to an activating group) is 3. The molecule has 0 saturated carbocycles. The highest BCUT2D eigenvalue weighted by Gasteiger charge is 2.45. The molecule has 1 fully saturated rings. The third kappa shape index (κ3) is 33.9. The first-order valence-electron chi connectivity index (χ1n) is 46.2. The van der Waals surface area contributed by atoms with E-state index in [2.05, 4.69) is 42.0 Å². The molecule has 0 bridgehead atoms. The topological polar surface area (TPSA) is 434 Å². The number of hydrogen-bond acceptors (Lipinski definition) is 22. The van der Waals surface area contributed by atoms with Crippen LogP contribution in [0.2, 0.25) is 0 Å². The molecule has 131 heavy (non-hydrogen) atoms. The lowest BCUT2D eigenvalue weighted by molar-refractivity contribution is -0.149. The van der Waals surface area contributed by atoms with Gasteiger partial charge in [-0.2, -0.15) is 15.4 Å². The van der Waals surface area contributed by atoms with Gasteiger partial charge in [0, 0.05) is 129 Å². The van der Waals surface area contributed by atoms with Crippen molar-refractivity contribution in [1.29, 1.82) is 0 Å². The van der Waals surface area contributed by atoms with Crippen molar-refractivity contribution in [2.24, 2.45) is 47.2 Å². The highest BCUT2D eigenvalue weighted by molar-refractivity contribution is 6.01. The minimum atomic E-state index is -0.989. The average molecular weight is 1830 g/mol. The number of methoxy groups -OCH3 is 2. The maximum atomic E-state index is 15.0. The van der Waals surface area contributed by atoms with Crippen molar-refractivity contribution in [3.8, 4) is 22.5 Å². The number of nitrogens with two attached hydrogens (primary N) is 1. The van der Waals surface area contributed by atoms with Gasteiger partial charge in [0.25, 0.3) is 0 Å². The van der Waals surface area contributed by atoms with Crippen molar-refractivity contribution in [3.63, 3.8) is 0 Å². The summed E-state index contributed by atoms with van der Waals surface area (Å²) in [5, 5.41) is 36.5. The number of aromatic amines is 1. The summed E-state index contributed by atoms with van der Waals surface area (Å²) in [5.74, 6) is -6.80. The van der Waals surface area contributed by atoms with Crippen LogP contribution in [-0.4, -0.2) is 268 Å². The molecule has 4 aromatic carbocycles. The van der Waals surface area contributed by atoms with Crippen molar-refractivity contribution in [2.75, 3.05) is 125 Å². The highest BCUT2D eigenvalue weighted by Crippen LogP contribution is 2.41. The number of carbonyl (C=O) groups is 12. The van der Waals surface area contributed by atoms with Crippen molar-refractivity contribution < 1.29 is 95.8 Å². The molecule has 5 aromatic rings. The molecule has 7 rings (SSSR count). The number of anilines is 2. The Morgan fingerprint density at radius 1 is 0.611 bits per heavy atom. The number of para-hydroxylation sites is 1. The van der Waals surface area contributed by atoms with Crippen molar-refractivity contribution in [1.82, 2.24) is 56.3 Å². The second kappa shape index (κ2) is 57.0. The van der Waals surface area contributed by atoms with Crippen LogP contribution in [0.4, 0.5) is 21.0 Å². The SMILES string of the molecule is CC.CC[C@H](C)[C@@H]([C@@H](CC(=O)N1CCCC1[C@H](OC)[C@@H](C)C(=O)N[C@H](C)[C@@H](O)c1ccccc1)OC)N(C)C(=O)[C@@H](CC(=O)[C@H](C(C)C)N(C)C(=O)OCc1ccc(NC(=O)[C@H](CCCNC(N)=O)CC(=O)[C@@H](NC(=O)CCCC(=O)N(C)CCOCCOCCOCCOCCC(=O)NCCC(=O)N2Cc3ccccc3-c3n[nH]nc3-c3ccccc32)C(C)C)cc1)C(C)C. The van der Waals surface area contributed by atoms with Crippen LogP contribution in [0.15, 0.2) is 103 Å². The van der Waals surface area contributed by atoms with E-state index < -0.39 is 96.1 Å². The number of carbonyl (C=O) groups excluding carboxylic acids is 12. The van der Waals surface area contributed by atoms with Gasteiger partial charge in [0.2, 0.25) is 47.3 Å². The number of primary amides is 1. The van der Waals surface area contributed by atoms with Crippen molar-refractivity contribution in [3.05, 3.63) is 120 Å². The Hall–Kier alpha value is -10.6. The molecular weight excluding hydrogens is 1680 g/mol. The fourth-order valence-electron chi connectivity index (χ4n) is 16.6. The summed E-state index contributed by atoms with van der Waals surface area (Å²) in [6.45, 7) is 25.7. The van der Waals surface area contributed by atoms with Crippen LogP contribution in [0.25, 0.3) is 22.5 Å². The summed E-state index contributed by atoms with van der Waals surface area (Å²) in [6, 6.07) is 26.6. The first-order chi connectivity index (χ1) is 62.7. The zero-order valence-corrected chi connectivity index (χ0v) is 80.0. The highest BCUT2D eigenvalue weighted by atomic mass is 16.6. The van der Waals surface area contributed by atoms with E-state index in [9.17, 15) is 62.6 Å². The van der Waals surface area contributed by atoms with Crippen molar-refractivity contribution >= 4 is 82.3 Å². The Kier molecular flexibility index (Phi) is 47.5. The largest absolute Gasteiger partial charge is 0.445 e. The van der Waals surface area contributed by atoms with Crippen LogP contribution in [0.5, 0.6) is 0 Å². The van der Waals surface area contributed by atoms with Crippen molar-refractivity contribution in [2.45, 2.75) is 228 Å². The smallest absolute Gasteiger partial charge is 0.410 e. The number of nitrogens with one attached hydrogen (secondary N) is 6. The van der Waals surface area contributed by atoms with E-state index in [0.29, 0.717) is 99.9 Å². The van der Waals surface area contributed by atoms with Gasteiger partial charge in [-0.15, -0.1) is 0 Å². The van der Waals surface area contributed by atoms with Crippen LogP contribution in [0.1, 0.15) is 189 Å². The molecule has 1 unspecified atom stereocenters. The molecular formula is C97H146N14O20. The Labute approximate surface area is 773 Å². The number of nitrogens with zero attached hydrogens (tertiary/aromatic N) is 7. The van der Waals surface area contributed by atoms with E-state index in [1.165, 1.54) is 31.1 Å². The third-order valence-electron chi connectivity index (χ3n) is 24.2. The number of urea groups is 1. The molecule has 3 heterocycles. The van der Waals surface area contributed by atoms with E-state index in [-0.39, 0.29) is 169 Å². The quantitative estimate of drug-likeness (QED) is 0.0168. The van der Waals surface area contributed by atoms with Crippen LogP contribution in [-0.2, 0) is 94.3 Å². The van der Waals surface area contributed by atoms with Gasteiger partial charge >= 0.3 is 12.1 Å². The number of aromatic nitrogens is 3. The molecule has 34 nitrogen and oxygen atoms in total. The molecule has 34 heteroatoms. The van der Waals surface area contributed by atoms with E-state index >= 15 is 0 Å². The molecule has 12 atom stereocenters. The fraction of sp³-hybridized carbons (Fsp3) is 0.608. The number of rotatable bonds is 56. The number of hydrogen-bond donors (Lipinski definition) is 8. The molecule has 2 aliphatic heterocycles. The third-order valence-corrected chi connectivity index (χ3v) is 24.2. The lowest BCUT2D eigenvalue weighted by Gasteiger charge is -2.41. The maximum Gasteiger partial charge on any atom is 0.410 e. The normalized spacial score (nSPS) is 15.4. The Morgan fingerprint density at radius 2 is 1.23 bits per heavy atom. The van der Waals surface area contributed by atoms with Crippen LogP contribution in [0.3, 0.4) is 0 Å². The van der Waals surface area contributed by atoms with Gasteiger partial charge in [-0.3, -0.25) is 47.9 Å². The van der Waals surface area contributed by atoms with Gasteiger partial charge in [-0.05, 0) is 97.6 Å². The number of Topliss-reactive ketones (excluding diaryl/α,β-unsaturated/α-hetero) is 2. The number of H-pyrrole nitrogens is 1. The first-order valence-corrected chi connectivity index (χ1v) is 46.2. The molecule has 0 spiro atoms. The predicted molar refractivity (Wildman–Crippen MR) is 498 cm³/mol. The monoisotopic (exact) mass is 1830 g/mol. The van der Waals surface area contributed by atoms with Crippen LogP contribution in [0, 0.1) is 41.4 Å². The molecule has 1 aromatic heterocycles. The Balaban J connectivity index is 0.0000131. The van der Waals surface area contributed by atoms with E-state index in [4.69, 9.17) is 38.9 Å². The van der Waals surface area contributed by atoms with Gasteiger partial charge in [-0.25, -0.2) is 9.59 Å². The number of amides is 11. The van der Waals surface area contributed by atoms with Crippen LogP contribution >= 0.6 is 0 Å². The number of aliphatic hydroxyl groups is 1. The Morgan fingerprint density at radius 3 is 1.85 bits per heavy atom. The van der Waals surface area contributed by atoms with Gasteiger partial charge < -0.3 is 95.1 Å². The number of likely N-dealkylation sites (tertiary alicyclic amines) is 1. The van der Waals surface area contributed by atoms with E-state index in [1.807, 2.05) is 108 Å². The Bertz CT molecular complexity index is 4420. The van der Waals surface area contributed by atoms with Crippen LogP contribution < -0.4 is 37.2 Å². The fourth-order valence-corrected chi connectivity index (χ4v) is 16.6. The molecule has 11 amide bonds. The number of benzene rings is 4. The standard InChI is InChI=1S/C95H140N14O20.C2H6/c1-16-63(8)88(78(123-14)57-83(116)108-45-26-34-75(108)90(124-15)64(9)91(118)99-65(10)89(117)67-27-18-17-19-28-67)106(12)93(120)73(60(2)3)56-77(111)87(62(6)7)107(13)95(122)129-59-66-37-39-70(40-38-66)100-92(119)68(30-25-43-98-94(96)121)55-76(110)84(61(4)5)101-80(113)35-24-36-81(114)105(11)46-48-126-50-52-128-54-53-127-51-49-125-47-42-79(112)97-44-41-82(115)109-58-69-29-20-21-31-71(69)85-86(103-104-102-85)72-32-22-23-33-74(72)109;1-2/h17-23,27-29,31-33,37-40,60-65,68,73,75,78,84,87-90,117H,16,24-26,30,34-36,41-59H2,1-15H3,(H,97,112)(H,99,118)(H,100,119)(H,101,113)(H3,96,98,121)(H,102,103,104);1-2H3/t63-,64+,65+,68+,73-,75?,78+,84-,87-,88-,89+,90+;/m0./s1. The van der Waals surface area contributed by atoms with Gasteiger partial charge in [0.05, 0.1) is 126 Å². The average Bonchev–Trinajstić information content (AvgIpc) is 1.71. The molecule has 0 radical (unpaired) electrons. The zero-order chi connectivity index (χ0) is 96.4. The second-order valence-corrected chi connectivity index (χ2v) is 34.5. The maximum absolute atomic E-state index is 15.0. The number of fused-ring (bicyclic) bond motifs is 5. The summed E-state index contributed by atoms with van der Waals surface area (Å²) in [4.78, 5) is 172. The minimum absolute atomic E-state index is 0.0407. The summed E-state index contributed by atoms with van der Waals surface area (Å²) in [7, 11) is 7.82. The molecule has 0 aliphatic carbocycles. The molecule has 2 aliphatic rings. The first kappa shape index (κ1) is 109. The predicted octanol–water partition coefficient (Wildman–Crippen LogP) is 10.4. The molecule has 9 N–H and O–H groups in total. The van der Waals surface area contributed by atoms with Gasteiger partial charge in [-0.1, -0.05) is 168 Å². The lowest BCUT2D eigenvalue weighted by atomic mass is 9.83.